The van der Waals surface area contributed by atoms with Crippen LogP contribution in [-0.2, 0) is 16.0 Å². The number of benzene rings is 1. The van der Waals surface area contributed by atoms with E-state index in [1.54, 1.807) is 26.1 Å². The zero-order valence-electron chi connectivity index (χ0n) is 18.8. The van der Waals surface area contributed by atoms with Gasteiger partial charge in [-0.2, -0.15) is 5.26 Å². The monoisotopic (exact) mass is 444 g/mol. The number of carbonyl (C=O) groups excluding carboxylic acids is 1. The summed E-state index contributed by atoms with van der Waals surface area (Å²) in [5.41, 5.74) is 4.17. The van der Waals surface area contributed by atoms with E-state index in [0.29, 0.717) is 40.7 Å². The van der Waals surface area contributed by atoms with Crippen LogP contribution in [0.1, 0.15) is 48.6 Å². The van der Waals surface area contributed by atoms with Crippen LogP contribution in [0, 0.1) is 25.2 Å². The average molecular weight is 444 g/mol. The molecule has 9 heteroatoms. The number of ether oxygens (including phenoxy) is 1. The van der Waals surface area contributed by atoms with Gasteiger partial charge in [-0.3, -0.25) is 9.78 Å². The Morgan fingerprint density at radius 3 is 2.91 bits per heavy atom. The number of nitrogens with one attached hydrogen (secondary N) is 1. The highest BCUT2D eigenvalue weighted by atomic mass is 16.5. The van der Waals surface area contributed by atoms with Crippen LogP contribution in [0.3, 0.4) is 0 Å². The molecule has 1 fully saturated rings. The van der Waals surface area contributed by atoms with E-state index in [-0.39, 0.29) is 24.5 Å². The third-order valence-electron chi connectivity index (χ3n) is 6.16. The van der Waals surface area contributed by atoms with Gasteiger partial charge in [0.2, 0.25) is 5.91 Å². The van der Waals surface area contributed by atoms with Crippen molar-refractivity contribution < 1.29 is 14.1 Å². The summed E-state index contributed by atoms with van der Waals surface area (Å²) in [5, 5.41) is 17.1. The first-order valence-corrected chi connectivity index (χ1v) is 11.0. The normalized spacial score (nSPS) is 18.5. The molecule has 0 spiro atoms. The van der Waals surface area contributed by atoms with E-state index in [9.17, 15) is 10.1 Å². The lowest BCUT2D eigenvalue weighted by Crippen LogP contribution is -2.27. The molecule has 1 aromatic carbocycles. The predicted molar refractivity (Wildman–Crippen MR) is 122 cm³/mol. The third-order valence-corrected chi connectivity index (χ3v) is 6.16. The maximum absolute atomic E-state index is 13.0. The van der Waals surface area contributed by atoms with Gasteiger partial charge in [0.15, 0.2) is 5.76 Å². The van der Waals surface area contributed by atoms with Crippen molar-refractivity contribution >= 4 is 33.5 Å². The molecule has 0 bridgehead atoms. The van der Waals surface area contributed by atoms with Gasteiger partial charge in [-0.1, -0.05) is 5.16 Å². The van der Waals surface area contributed by atoms with Crippen LogP contribution in [0.25, 0.3) is 21.9 Å². The van der Waals surface area contributed by atoms with Gasteiger partial charge >= 0.3 is 0 Å². The average Bonchev–Trinajstić information content (AvgIpc) is 3.33. The van der Waals surface area contributed by atoms with Crippen molar-refractivity contribution in [1.82, 2.24) is 19.7 Å². The Bertz CT molecular complexity index is 1390. The summed E-state index contributed by atoms with van der Waals surface area (Å²) in [6.45, 7) is 6.25. The van der Waals surface area contributed by atoms with Crippen molar-refractivity contribution in [1.29, 1.82) is 5.26 Å². The molecule has 2 atom stereocenters. The van der Waals surface area contributed by atoms with Gasteiger partial charge in [0, 0.05) is 18.0 Å². The number of aromatic nitrogens is 4. The van der Waals surface area contributed by atoms with Crippen molar-refractivity contribution in [3.8, 4) is 6.07 Å². The molecule has 1 aliphatic rings. The summed E-state index contributed by atoms with van der Waals surface area (Å²) < 4.78 is 13.1. The Labute approximate surface area is 190 Å². The van der Waals surface area contributed by atoms with E-state index in [0.717, 1.165) is 29.3 Å². The largest absolute Gasteiger partial charge is 0.378 e. The Morgan fingerprint density at radius 1 is 1.33 bits per heavy atom. The molecule has 0 radical (unpaired) electrons. The molecule has 2 unspecified atom stereocenters. The smallest absolute Gasteiger partial charge is 0.232 e. The molecule has 0 aliphatic carbocycles. The lowest BCUT2D eigenvalue weighted by molar-refractivity contribution is -0.115. The molecule has 0 saturated carbocycles. The van der Waals surface area contributed by atoms with E-state index >= 15 is 0 Å². The second-order valence-corrected chi connectivity index (χ2v) is 8.52. The Hall–Kier alpha value is -3.77. The van der Waals surface area contributed by atoms with Crippen LogP contribution < -0.4 is 5.32 Å². The summed E-state index contributed by atoms with van der Waals surface area (Å²) in [4.78, 5) is 22.3. The van der Waals surface area contributed by atoms with Gasteiger partial charge in [-0.25, -0.2) is 4.98 Å². The number of hydrogen-bond acceptors (Lipinski definition) is 7. The van der Waals surface area contributed by atoms with E-state index in [4.69, 9.17) is 14.2 Å². The number of anilines is 1. The van der Waals surface area contributed by atoms with Crippen molar-refractivity contribution in [2.45, 2.75) is 52.2 Å². The summed E-state index contributed by atoms with van der Waals surface area (Å²) in [6.07, 6.45) is 3.55. The minimum Gasteiger partial charge on any atom is -0.378 e. The topological polar surface area (TPSA) is 119 Å². The Morgan fingerprint density at radius 2 is 2.18 bits per heavy atom. The SMILES string of the molecule is Cc1noc(C)c1NC(=O)Cc1nc2cnc3ccc(C#N)cc3c2n1C1CCOC(C)C1. The number of aryl methyl sites for hydroxylation is 2. The molecule has 5 rings (SSSR count). The number of hydrogen-bond donors (Lipinski definition) is 1. The number of rotatable bonds is 4. The summed E-state index contributed by atoms with van der Waals surface area (Å²) >= 11 is 0. The van der Waals surface area contributed by atoms with Crippen LogP contribution in [0.2, 0.25) is 0 Å². The molecule has 4 heterocycles. The molecule has 3 aromatic heterocycles. The maximum Gasteiger partial charge on any atom is 0.232 e. The first kappa shape index (κ1) is 21.1. The number of amides is 1. The summed E-state index contributed by atoms with van der Waals surface area (Å²) in [7, 11) is 0. The first-order chi connectivity index (χ1) is 15.9. The number of nitrogens with zero attached hydrogens (tertiary/aromatic N) is 5. The number of pyridine rings is 1. The molecule has 4 aromatic rings. The minimum atomic E-state index is -0.198. The van der Waals surface area contributed by atoms with Crippen LogP contribution in [0.5, 0.6) is 0 Å². The molecule has 33 heavy (non-hydrogen) atoms. The van der Waals surface area contributed by atoms with Gasteiger partial charge in [0.05, 0.1) is 41.4 Å². The van der Waals surface area contributed by atoms with Gasteiger partial charge in [-0.15, -0.1) is 0 Å². The van der Waals surface area contributed by atoms with Gasteiger partial charge < -0.3 is 19.1 Å². The van der Waals surface area contributed by atoms with E-state index in [2.05, 4.69) is 33.0 Å². The van der Waals surface area contributed by atoms with E-state index < -0.39 is 0 Å². The maximum atomic E-state index is 13.0. The second-order valence-electron chi connectivity index (χ2n) is 8.52. The fraction of sp³-hybridized carbons (Fsp3) is 0.375. The lowest BCUT2D eigenvalue weighted by atomic mass is 10.0. The standard InChI is InChI=1S/C24H24N6O3/c1-13-8-17(6-7-32-13)30-21(10-22(31)28-23-14(2)29-33-15(23)3)27-20-12-26-19-5-4-16(11-25)9-18(19)24(20)30/h4-5,9,12-13,17H,6-8,10H2,1-3H3,(H,28,31). The molecule has 9 nitrogen and oxygen atoms in total. The third kappa shape index (κ3) is 3.83. The molecule has 1 amide bonds. The van der Waals surface area contributed by atoms with Crippen LogP contribution in [0.4, 0.5) is 5.69 Å². The molecule has 168 valence electrons. The van der Waals surface area contributed by atoms with Crippen LogP contribution in [0.15, 0.2) is 28.9 Å². The van der Waals surface area contributed by atoms with E-state index in [1.807, 2.05) is 12.1 Å². The zero-order valence-corrected chi connectivity index (χ0v) is 18.8. The quantitative estimate of drug-likeness (QED) is 0.505. The van der Waals surface area contributed by atoms with Gasteiger partial charge in [-0.05, 0) is 51.8 Å². The lowest BCUT2D eigenvalue weighted by Gasteiger charge is -2.30. The van der Waals surface area contributed by atoms with E-state index in [1.165, 1.54) is 0 Å². The van der Waals surface area contributed by atoms with Crippen molar-refractivity contribution in [2.24, 2.45) is 0 Å². The molecular formula is C24H24N6O3. The molecule has 1 aliphatic heterocycles. The number of nitriles is 1. The highest BCUT2D eigenvalue weighted by Gasteiger charge is 2.27. The van der Waals surface area contributed by atoms with Gasteiger partial charge in [0.25, 0.3) is 0 Å². The van der Waals surface area contributed by atoms with Crippen molar-refractivity contribution in [3.63, 3.8) is 0 Å². The molecular weight excluding hydrogens is 420 g/mol. The second kappa shape index (κ2) is 8.30. The minimum absolute atomic E-state index is 0.0872. The fourth-order valence-corrected chi connectivity index (χ4v) is 4.61. The van der Waals surface area contributed by atoms with Gasteiger partial charge in [0.1, 0.15) is 22.7 Å². The van der Waals surface area contributed by atoms with Crippen LogP contribution >= 0.6 is 0 Å². The highest BCUT2D eigenvalue weighted by Crippen LogP contribution is 2.34. The fourth-order valence-electron chi connectivity index (χ4n) is 4.61. The Kier molecular flexibility index (Phi) is 5.30. The van der Waals surface area contributed by atoms with Crippen molar-refractivity contribution in [2.75, 3.05) is 11.9 Å². The molecule has 1 saturated heterocycles. The summed E-state index contributed by atoms with van der Waals surface area (Å²) in [5.74, 6) is 1.02. The summed E-state index contributed by atoms with van der Waals surface area (Å²) in [6, 6.07) is 7.79. The van der Waals surface area contributed by atoms with Crippen molar-refractivity contribution in [3.05, 3.63) is 47.2 Å². The number of imidazole rings is 1. The predicted octanol–water partition coefficient (Wildman–Crippen LogP) is 3.98. The Balaban J connectivity index is 1.63. The highest BCUT2D eigenvalue weighted by molar-refractivity contribution is 6.03. The number of carbonyl (C=O) groups is 1. The molecule has 1 N–H and O–H groups in total. The van der Waals surface area contributed by atoms with Crippen LogP contribution in [-0.4, -0.2) is 38.3 Å². The first-order valence-electron chi connectivity index (χ1n) is 11.0. The zero-order chi connectivity index (χ0) is 23.1. The number of fused-ring (bicyclic) bond motifs is 3.